The van der Waals surface area contributed by atoms with Crippen LogP contribution >= 0.6 is 23.2 Å². The zero-order valence-electron chi connectivity index (χ0n) is 14.8. The van der Waals surface area contributed by atoms with E-state index in [2.05, 4.69) is 10.4 Å². The van der Waals surface area contributed by atoms with Crippen molar-refractivity contribution in [3.63, 3.8) is 0 Å². The molecule has 2 heterocycles. The van der Waals surface area contributed by atoms with Crippen LogP contribution in [0.3, 0.4) is 0 Å². The van der Waals surface area contributed by atoms with Crippen LogP contribution in [0.2, 0.25) is 10.0 Å². The Balaban J connectivity index is 1.51. The van der Waals surface area contributed by atoms with Gasteiger partial charge in [0, 0.05) is 25.4 Å². The number of rotatable bonds is 4. The first-order valence-electron chi connectivity index (χ1n) is 8.77. The predicted octanol–water partition coefficient (Wildman–Crippen LogP) is 4.27. The fourth-order valence-electron chi connectivity index (χ4n) is 2.92. The lowest BCUT2D eigenvalue weighted by molar-refractivity contribution is 0.0951. The van der Waals surface area contributed by atoms with Gasteiger partial charge in [-0.15, -0.1) is 0 Å². The molecule has 0 spiro atoms. The van der Waals surface area contributed by atoms with Crippen LogP contribution in [0.15, 0.2) is 48.8 Å². The number of aromatic nitrogens is 2. The first-order valence-corrected chi connectivity index (χ1v) is 9.53. The number of fused-ring (bicyclic) bond motifs is 1. The number of hydrogen-bond donors (Lipinski definition) is 1. The highest BCUT2D eigenvalue weighted by Crippen LogP contribution is 2.38. The Morgan fingerprint density at radius 2 is 2.00 bits per heavy atom. The number of nitrogens with one attached hydrogen (secondary N) is 1. The molecule has 1 aliphatic rings. The molecular formula is C20H17Cl2N3O3. The number of nitrogens with zero attached hydrogens (tertiary/aromatic N) is 2. The maximum absolute atomic E-state index is 12.7. The van der Waals surface area contributed by atoms with E-state index in [9.17, 15) is 4.79 Å². The van der Waals surface area contributed by atoms with Crippen molar-refractivity contribution in [1.82, 2.24) is 15.1 Å². The van der Waals surface area contributed by atoms with Crippen molar-refractivity contribution in [3.8, 4) is 17.2 Å². The first-order chi connectivity index (χ1) is 13.6. The standard InChI is InChI=1S/C20H17Cl2N3O3/c21-16-4-3-14(25-6-1-5-24-25)11-15(16)20(26)23-12-13-9-17(22)19-18(10-13)27-7-2-8-28-19/h1,3-6,9-11H,2,7-8,12H2,(H,23,26). The number of carbonyl (C=O) groups excluding carboxylic acids is 1. The number of carbonyl (C=O) groups is 1. The summed E-state index contributed by atoms with van der Waals surface area (Å²) in [5.41, 5.74) is 1.93. The van der Waals surface area contributed by atoms with Crippen LogP contribution in [0.1, 0.15) is 22.3 Å². The molecule has 0 aliphatic carbocycles. The Morgan fingerprint density at radius 3 is 2.82 bits per heavy atom. The Morgan fingerprint density at radius 1 is 1.14 bits per heavy atom. The van der Waals surface area contributed by atoms with Crippen molar-refractivity contribution in [2.24, 2.45) is 0 Å². The van der Waals surface area contributed by atoms with Crippen LogP contribution < -0.4 is 14.8 Å². The molecule has 2 aromatic carbocycles. The van der Waals surface area contributed by atoms with Crippen molar-refractivity contribution in [2.75, 3.05) is 13.2 Å². The summed E-state index contributed by atoms with van der Waals surface area (Å²) in [6.45, 7) is 1.40. The second kappa shape index (κ2) is 8.12. The second-order valence-electron chi connectivity index (χ2n) is 6.25. The second-order valence-corrected chi connectivity index (χ2v) is 7.07. The minimum atomic E-state index is -0.290. The monoisotopic (exact) mass is 417 g/mol. The molecule has 1 aliphatic heterocycles. The lowest BCUT2D eigenvalue weighted by atomic mass is 10.1. The van der Waals surface area contributed by atoms with E-state index >= 15 is 0 Å². The van der Waals surface area contributed by atoms with E-state index in [1.54, 1.807) is 41.3 Å². The molecule has 8 heteroatoms. The molecule has 0 radical (unpaired) electrons. The summed E-state index contributed by atoms with van der Waals surface area (Å²) in [5, 5.41) is 7.87. The molecule has 3 aromatic rings. The van der Waals surface area contributed by atoms with Crippen LogP contribution in [0.25, 0.3) is 5.69 Å². The molecule has 28 heavy (non-hydrogen) atoms. The van der Waals surface area contributed by atoms with Gasteiger partial charge in [-0.1, -0.05) is 23.2 Å². The van der Waals surface area contributed by atoms with E-state index in [4.69, 9.17) is 32.7 Å². The van der Waals surface area contributed by atoms with E-state index in [1.165, 1.54) is 0 Å². The van der Waals surface area contributed by atoms with E-state index in [0.717, 1.165) is 17.7 Å². The summed E-state index contributed by atoms with van der Waals surface area (Å²) in [6.07, 6.45) is 4.26. The number of benzene rings is 2. The quantitative estimate of drug-likeness (QED) is 0.688. The smallest absolute Gasteiger partial charge is 0.253 e. The molecular weight excluding hydrogens is 401 g/mol. The van der Waals surface area contributed by atoms with Crippen LogP contribution in [-0.4, -0.2) is 28.9 Å². The molecule has 4 rings (SSSR count). The van der Waals surface area contributed by atoms with Crippen LogP contribution in [0, 0.1) is 0 Å². The highest BCUT2D eigenvalue weighted by Gasteiger charge is 2.17. The molecule has 6 nitrogen and oxygen atoms in total. The van der Waals surface area contributed by atoms with Crippen LogP contribution in [-0.2, 0) is 6.54 Å². The third-order valence-electron chi connectivity index (χ3n) is 4.28. The number of ether oxygens (including phenoxy) is 2. The Bertz CT molecular complexity index is 1010. The van der Waals surface area contributed by atoms with Gasteiger partial charge in [-0.25, -0.2) is 4.68 Å². The highest BCUT2D eigenvalue weighted by atomic mass is 35.5. The SMILES string of the molecule is O=C(NCc1cc(Cl)c2c(c1)OCCCO2)c1cc(-n2cccn2)ccc1Cl. The summed E-state index contributed by atoms with van der Waals surface area (Å²) in [5.74, 6) is 0.847. The highest BCUT2D eigenvalue weighted by molar-refractivity contribution is 6.34. The van der Waals surface area contributed by atoms with Gasteiger partial charge in [-0.2, -0.15) is 5.10 Å². The molecule has 1 amide bonds. The van der Waals surface area contributed by atoms with Crippen molar-refractivity contribution in [1.29, 1.82) is 0 Å². The van der Waals surface area contributed by atoms with Gasteiger partial charge in [-0.05, 0) is 42.0 Å². The molecule has 0 unspecified atom stereocenters. The maximum atomic E-state index is 12.7. The van der Waals surface area contributed by atoms with Gasteiger partial charge in [0.1, 0.15) is 0 Å². The molecule has 0 saturated heterocycles. The number of halogens is 2. The molecule has 1 aromatic heterocycles. The summed E-state index contributed by atoms with van der Waals surface area (Å²) in [4.78, 5) is 12.7. The minimum Gasteiger partial charge on any atom is -0.489 e. The molecule has 0 bridgehead atoms. The topological polar surface area (TPSA) is 65.4 Å². The van der Waals surface area contributed by atoms with Gasteiger partial charge in [-0.3, -0.25) is 4.79 Å². The van der Waals surface area contributed by atoms with E-state index in [0.29, 0.717) is 40.3 Å². The molecule has 0 saturated carbocycles. The van der Waals surface area contributed by atoms with Crippen molar-refractivity contribution in [2.45, 2.75) is 13.0 Å². The summed E-state index contributed by atoms with van der Waals surface area (Å²) in [7, 11) is 0. The fraction of sp³-hybridized carbons (Fsp3) is 0.200. The van der Waals surface area contributed by atoms with Crippen molar-refractivity contribution < 1.29 is 14.3 Å². The summed E-state index contributed by atoms with van der Waals surface area (Å²) < 4.78 is 13.0. The Hall–Kier alpha value is -2.70. The normalized spacial score (nSPS) is 13.1. The van der Waals surface area contributed by atoms with E-state index in [-0.39, 0.29) is 12.5 Å². The molecule has 0 atom stereocenters. The molecule has 144 valence electrons. The first kappa shape index (κ1) is 18.7. The van der Waals surface area contributed by atoms with E-state index in [1.807, 2.05) is 12.1 Å². The minimum absolute atomic E-state index is 0.275. The Labute approximate surface area is 172 Å². The third kappa shape index (κ3) is 3.93. The van der Waals surface area contributed by atoms with Gasteiger partial charge >= 0.3 is 0 Å². The van der Waals surface area contributed by atoms with Gasteiger partial charge in [0.15, 0.2) is 11.5 Å². The van der Waals surface area contributed by atoms with Crippen LogP contribution in [0.5, 0.6) is 11.5 Å². The average molecular weight is 418 g/mol. The molecule has 0 fully saturated rings. The number of amides is 1. The largest absolute Gasteiger partial charge is 0.489 e. The summed E-state index contributed by atoms with van der Waals surface area (Å²) in [6, 6.07) is 10.6. The Kier molecular flexibility index (Phi) is 5.41. The van der Waals surface area contributed by atoms with Gasteiger partial charge in [0.2, 0.25) is 0 Å². The lowest BCUT2D eigenvalue weighted by Gasteiger charge is -2.13. The zero-order valence-corrected chi connectivity index (χ0v) is 16.3. The van der Waals surface area contributed by atoms with Crippen LogP contribution in [0.4, 0.5) is 0 Å². The summed E-state index contributed by atoms with van der Waals surface area (Å²) >= 11 is 12.5. The lowest BCUT2D eigenvalue weighted by Crippen LogP contribution is -2.23. The van der Waals surface area contributed by atoms with E-state index < -0.39 is 0 Å². The number of hydrogen-bond acceptors (Lipinski definition) is 4. The average Bonchev–Trinajstić information content (AvgIpc) is 3.12. The van der Waals surface area contributed by atoms with Crippen molar-refractivity contribution in [3.05, 3.63) is 70.0 Å². The van der Waals surface area contributed by atoms with Crippen molar-refractivity contribution >= 4 is 29.1 Å². The molecule has 1 N–H and O–H groups in total. The zero-order chi connectivity index (χ0) is 19.5. The predicted molar refractivity (Wildman–Crippen MR) is 107 cm³/mol. The van der Waals surface area contributed by atoms with Gasteiger partial charge < -0.3 is 14.8 Å². The van der Waals surface area contributed by atoms with Gasteiger partial charge in [0.25, 0.3) is 5.91 Å². The van der Waals surface area contributed by atoms with Gasteiger partial charge in [0.05, 0.1) is 34.5 Å². The third-order valence-corrected chi connectivity index (χ3v) is 4.89. The fourth-order valence-corrected chi connectivity index (χ4v) is 3.41. The maximum Gasteiger partial charge on any atom is 0.253 e.